The molecule has 0 bridgehead atoms. The van der Waals surface area contributed by atoms with Crippen LogP contribution in [0.15, 0.2) is 36.1 Å². The van der Waals surface area contributed by atoms with Crippen molar-refractivity contribution >= 4 is 11.6 Å². The number of ketones is 2. The third-order valence-corrected chi connectivity index (χ3v) is 3.77. The summed E-state index contributed by atoms with van der Waals surface area (Å²) >= 11 is 0. The Morgan fingerprint density at radius 2 is 1.85 bits per heavy atom. The maximum Gasteiger partial charge on any atom is 0.161 e. The van der Waals surface area contributed by atoms with Crippen LogP contribution in [0.3, 0.4) is 0 Å². The fourth-order valence-electron chi connectivity index (χ4n) is 2.73. The van der Waals surface area contributed by atoms with Gasteiger partial charge >= 0.3 is 0 Å². The summed E-state index contributed by atoms with van der Waals surface area (Å²) in [6.45, 7) is 0.145. The first kappa shape index (κ1) is 12.9. The number of fused-ring (bicyclic) bond motifs is 1. The summed E-state index contributed by atoms with van der Waals surface area (Å²) in [5.41, 5.74) is 0.732. The van der Waals surface area contributed by atoms with Crippen molar-refractivity contribution in [1.29, 1.82) is 0 Å². The van der Waals surface area contributed by atoms with Gasteiger partial charge in [0.05, 0.1) is 12.0 Å². The van der Waals surface area contributed by atoms with Crippen LogP contribution in [0, 0.1) is 5.92 Å². The topological polar surface area (TPSA) is 83.8 Å². The number of phenols is 1. The summed E-state index contributed by atoms with van der Waals surface area (Å²) < 4.78 is 5.49. The van der Waals surface area contributed by atoms with Crippen LogP contribution in [0.4, 0.5) is 0 Å². The molecule has 0 radical (unpaired) electrons. The largest absolute Gasteiger partial charge is 0.508 e. The number of phenolic OH excluding ortho intramolecular Hbond substituents is 1. The molecule has 0 amide bonds. The van der Waals surface area contributed by atoms with Gasteiger partial charge in [-0.1, -0.05) is 12.1 Å². The van der Waals surface area contributed by atoms with Crippen LogP contribution in [0.25, 0.3) is 0 Å². The highest BCUT2D eigenvalue weighted by atomic mass is 16.5. The maximum absolute atomic E-state index is 12.5. The minimum atomic E-state index is -1.02. The molecule has 1 heterocycles. The highest BCUT2D eigenvalue weighted by Crippen LogP contribution is 2.36. The van der Waals surface area contributed by atoms with Crippen LogP contribution in [-0.4, -0.2) is 34.5 Å². The zero-order valence-corrected chi connectivity index (χ0v) is 10.7. The zero-order valence-electron chi connectivity index (χ0n) is 10.7. The van der Waals surface area contributed by atoms with Gasteiger partial charge in [0.15, 0.2) is 11.6 Å². The zero-order chi connectivity index (χ0) is 14.3. The van der Waals surface area contributed by atoms with Crippen LogP contribution in [0.1, 0.15) is 17.9 Å². The number of aliphatic hydroxyl groups is 1. The van der Waals surface area contributed by atoms with Gasteiger partial charge in [0, 0.05) is 12.5 Å². The minimum Gasteiger partial charge on any atom is -0.508 e. The van der Waals surface area contributed by atoms with Crippen LogP contribution >= 0.6 is 0 Å². The summed E-state index contributed by atoms with van der Waals surface area (Å²) in [4.78, 5) is 23.9. The molecule has 1 fully saturated rings. The molecule has 5 heteroatoms. The van der Waals surface area contributed by atoms with E-state index in [1.54, 1.807) is 12.1 Å². The van der Waals surface area contributed by atoms with E-state index in [9.17, 15) is 19.8 Å². The molecule has 1 saturated heterocycles. The van der Waals surface area contributed by atoms with Crippen molar-refractivity contribution in [1.82, 2.24) is 0 Å². The number of hydrogen-bond donors (Lipinski definition) is 2. The first-order valence-electron chi connectivity index (χ1n) is 6.44. The smallest absolute Gasteiger partial charge is 0.161 e. The molecule has 5 nitrogen and oxygen atoms in total. The quantitative estimate of drug-likeness (QED) is 0.795. The second kappa shape index (κ2) is 4.76. The Morgan fingerprint density at radius 1 is 1.15 bits per heavy atom. The van der Waals surface area contributed by atoms with E-state index in [1.165, 1.54) is 18.2 Å². The molecule has 1 aromatic rings. The van der Waals surface area contributed by atoms with Crippen molar-refractivity contribution in [3.8, 4) is 5.75 Å². The number of aliphatic hydroxyl groups excluding tert-OH is 1. The predicted molar refractivity (Wildman–Crippen MR) is 69.0 cm³/mol. The third-order valence-electron chi connectivity index (χ3n) is 3.77. The van der Waals surface area contributed by atoms with Crippen molar-refractivity contribution in [3.63, 3.8) is 0 Å². The number of carbonyl (C=O) groups is 2. The van der Waals surface area contributed by atoms with Gasteiger partial charge < -0.3 is 14.9 Å². The second-order valence-electron chi connectivity index (χ2n) is 5.12. The average molecular weight is 274 g/mol. The second-order valence-corrected chi connectivity index (χ2v) is 5.12. The lowest BCUT2D eigenvalue weighted by atomic mass is 9.78. The van der Waals surface area contributed by atoms with Crippen molar-refractivity contribution in [2.45, 2.75) is 18.4 Å². The van der Waals surface area contributed by atoms with Gasteiger partial charge in [-0.05, 0) is 17.7 Å². The fourth-order valence-corrected chi connectivity index (χ4v) is 2.73. The van der Waals surface area contributed by atoms with E-state index < -0.39 is 17.9 Å². The van der Waals surface area contributed by atoms with Crippen molar-refractivity contribution in [2.24, 2.45) is 5.92 Å². The first-order valence-corrected chi connectivity index (χ1v) is 6.44. The normalized spacial score (nSPS) is 29.4. The summed E-state index contributed by atoms with van der Waals surface area (Å²) in [5, 5.41) is 19.2. The lowest BCUT2D eigenvalue weighted by molar-refractivity contribution is -0.135. The summed E-state index contributed by atoms with van der Waals surface area (Å²) in [5.74, 6) is -1.22. The molecule has 0 saturated carbocycles. The number of hydrogen-bond acceptors (Lipinski definition) is 5. The number of benzene rings is 1. The molecule has 20 heavy (non-hydrogen) atoms. The van der Waals surface area contributed by atoms with Crippen LogP contribution in [-0.2, 0) is 14.3 Å². The van der Waals surface area contributed by atoms with Gasteiger partial charge in [0.2, 0.25) is 0 Å². The molecule has 0 spiro atoms. The Morgan fingerprint density at radius 3 is 2.55 bits per heavy atom. The van der Waals surface area contributed by atoms with E-state index in [4.69, 9.17) is 4.74 Å². The number of aromatic hydroxyl groups is 1. The molecule has 3 atom stereocenters. The molecule has 1 aromatic carbocycles. The molecule has 1 aliphatic carbocycles. The standard InChI is InChI=1S/C15H14O5/c16-9-3-1-8(2-4-9)11-7-20-13-6-10(17)5-12(18)14(13)15(11)19/h1-4,6,11-12,14,16,18H,5,7H2. The Bertz CT molecular complexity index is 587. The molecule has 3 rings (SSSR count). The van der Waals surface area contributed by atoms with Crippen molar-refractivity contribution in [3.05, 3.63) is 41.7 Å². The maximum atomic E-state index is 12.5. The monoisotopic (exact) mass is 274 g/mol. The molecule has 2 N–H and O–H groups in total. The molecule has 1 aliphatic heterocycles. The van der Waals surface area contributed by atoms with E-state index in [0.717, 1.165) is 5.56 Å². The third kappa shape index (κ3) is 2.10. The van der Waals surface area contributed by atoms with Gasteiger partial charge in [0.1, 0.15) is 24.0 Å². The Balaban J connectivity index is 1.91. The molecule has 104 valence electrons. The summed E-state index contributed by atoms with van der Waals surface area (Å²) in [6.07, 6.45) is 0.239. The molecule has 0 aromatic heterocycles. The number of rotatable bonds is 1. The summed E-state index contributed by atoms with van der Waals surface area (Å²) in [7, 11) is 0. The summed E-state index contributed by atoms with van der Waals surface area (Å²) in [6, 6.07) is 6.34. The molecular formula is C15H14O5. The Hall–Kier alpha value is -2.14. The predicted octanol–water partition coefficient (Wildman–Crippen LogP) is 0.909. The number of carbonyl (C=O) groups excluding carboxylic acids is 2. The van der Waals surface area contributed by atoms with Gasteiger partial charge in [-0.3, -0.25) is 9.59 Å². The Labute approximate surface area is 115 Å². The lowest BCUT2D eigenvalue weighted by Gasteiger charge is -2.35. The highest BCUT2D eigenvalue weighted by Gasteiger charge is 2.43. The molecule has 2 aliphatic rings. The van der Waals surface area contributed by atoms with E-state index in [0.29, 0.717) is 0 Å². The SMILES string of the molecule is O=C1C=C2OCC(c3ccc(O)cc3)C(=O)C2C(O)C1. The average Bonchev–Trinajstić information content (AvgIpc) is 2.39. The van der Waals surface area contributed by atoms with Crippen molar-refractivity contribution in [2.75, 3.05) is 6.61 Å². The van der Waals surface area contributed by atoms with Gasteiger partial charge in [-0.15, -0.1) is 0 Å². The minimum absolute atomic E-state index is 0.0500. The lowest BCUT2D eigenvalue weighted by Crippen LogP contribution is -2.43. The van der Waals surface area contributed by atoms with Gasteiger partial charge in [-0.25, -0.2) is 0 Å². The van der Waals surface area contributed by atoms with Gasteiger partial charge in [0.25, 0.3) is 0 Å². The van der Waals surface area contributed by atoms with E-state index in [1.807, 2.05) is 0 Å². The molecular weight excluding hydrogens is 260 g/mol. The number of ether oxygens (including phenoxy) is 1. The molecule has 3 unspecified atom stereocenters. The number of Topliss-reactive ketones (excluding diaryl/α,β-unsaturated/α-hetero) is 1. The Kier molecular flexibility index (Phi) is 3.06. The first-order chi connectivity index (χ1) is 9.56. The van der Waals surface area contributed by atoms with Crippen LogP contribution in [0.2, 0.25) is 0 Å². The van der Waals surface area contributed by atoms with Crippen molar-refractivity contribution < 1.29 is 24.5 Å². The number of allylic oxidation sites excluding steroid dienone is 1. The van der Waals surface area contributed by atoms with E-state index in [2.05, 4.69) is 0 Å². The highest BCUT2D eigenvalue weighted by molar-refractivity contribution is 5.98. The van der Waals surface area contributed by atoms with Crippen LogP contribution in [0.5, 0.6) is 5.75 Å². The van der Waals surface area contributed by atoms with E-state index >= 15 is 0 Å². The fraction of sp³-hybridized carbons (Fsp3) is 0.333. The van der Waals surface area contributed by atoms with Gasteiger partial charge in [-0.2, -0.15) is 0 Å². The van der Waals surface area contributed by atoms with E-state index in [-0.39, 0.29) is 36.1 Å². The van der Waals surface area contributed by atoms with Crippen LogP contribution < -0.4 is 0 Å².